The van der Waals surface area contributed by atoms with Gasteiger partial charge in [0.25, 0.3) is 5.69 Å². The number of nitrogens with one attached hydrogen (secondary N) is 1. The van der Waals surface area contributed by atoms with Crippen LogP contribution in [0.25, 0.3) is 0 Å². The van der Waals surface area contributed by atoms with Gasteiger partial charge in [0.15, 0.2) is 9.84 Å². The molecule has 1 aliphatic rings. The van der Waals surface area contributed by atoms with Crippen LogP contribution in [0.1, 0.15) is 24.4 Å². The number of benzene rings is 2. The minimum Gasteiger partial charge on any atom is -0.497 e. The Bertz CT molecular complexity index is 970. The van der Waals surface area contributed by atoms with Crippen molar-refractivity contribution < 1.29 is 18.1 Å². The molecular weight excluding hydrogens is 394 g/mol. The molecule has 0 amide bonds. The van der Waals surface area contributed by atoms with Gasteiger partial charge in [-0.25, -0.2) is 8.42 Å². The van der Waals surface area contributed by atoms with Gasteiger partial charge < -0.3 is 10.1 Å². The summed E-state index contributed by atoms with van der Waals surface area (Å²) in [6.07, 6.45) is 3.28. The Morgan fingerprint density at radius 3 is 2.38 bits per heavy atom. The van der Waals surface area contributed by atoms with Crippen molar-refractivity contribution in [2.45, 2.75) is 23.8 Å². The second-order valence-electron chi connectivity index (χ2n) is 7.12. The standard InChI is InChI=1S/C20H25N3O5S/c1-28-16-7-5-15(6-8-16)20(22-11-3-4-12-22)14-21-18-10-9-17(29(2,26)27)13-19(18)23(24)25/h5-10,13,20-21H,3-4,11-12,14H2,1-2H3/t20-/m0/s1. The Kier molecular flexibility index (Phi) is 6.39. The van der Waals surface area contributed by atoms with Crippen LogP contribution in [0.3, 0.4) is 0 Å². The molecule has 0 radical (unpaired) electrons. The highest BCUT2D eigenvalue weighted by atomic mass is 32.2. The first-order valence-corrected chi connectivity index (χ1v) is 11.3. The lowest BCUT2D eigenvalue weighted by molar-refractivity contribution is -0.384. The molecule has 29 heavy (non-hydrogen) atoms. The fourth-order valence-electron chi connectivity index (χ4n) is 3.59. The van der Waals surface area contributed by atoms with Gasteiger partial charge in [-0.15, -0.1) is 0 Å². The number of nitro groups is 1. The number of likely N-dealkylation sites (tertiary alicyclic amines) is 1. The maximum absolute atomic E-state index is 11.7. The molecule has 2 aromatic carbocycles. The van der Waals surface area contributed by atoms with Crippen LogP contribution < -0.4 is 10.1 Å². The lowest BCUT2D eigenvalue weighted by Gasteiger charge is -2.28. The molecule has 9 heteroatoms. The van der Waals surface area contributed by atoms with E-state index in [1.165, 1.54) is 12.1 Å². The van der Waals surface area contributed by atoms with Gasteiger partial charge in [0.05, 0.1) is 23.0 Å². The topological polar surface area (TPSA) is 102 Å². The van der Waals surface area contributed by atoms with E-state index in [9.17, 15) is 18.5 Å². The van der Waals surface area contributed by atoms with Gasteiger partial charge in [0.1, 0.15) is 11.4 Å². The molecule has 2 aromatic rings. The molecule has 1 atom stereocenters. The lowest BCUT2D eigenvalue weighted by Crippen LogP contribution is -2.31. The van der Waals surface area contributed by atoms with Gasteiger partial charge >= 0.3 is 0 Å². The normalized spacial score (nSPS) is 15.8. The molecule has 1 fully saturated rings. The predicted molar refractivity (Wildman–Crippen MR) is 111 cm³/mol. The zero-order chi connectivity index (χ0) is 21.0. The highest BCUT2D eigenvalue weighted by molar-refractivity contribution is 7.90. The van der Waals surface area contributed by atoms with Crippen LogP contribution in [0.2, 0.25) is 0 Å². The van der Waals surface area contributed by atoms with E-state index in [2.05, 4.69) is 10.2 Å². The van der Waals surface area contributed by atoms with Crippen molar-refractivity contribution in [1.82, 2.24) is 4.90 Å². The summed E-state index contributed by atoms with van der Waals surface area (Å²) in [7, 11) is -1.90. The Morgan fingerprint density at radius 2 is 1.83 bits per heavy atom. The fraction of sp³-hybridized carbons (Fsp3) is 0.400. The third-order valence-electron chi connectivity index (χ3n) is 5.16. The van der Waals surface area contributed by atoms with Crippen LogP contribution >= 0.6 is 0 Å². The smallest absolute Gasteiger partial charge is 0.293 e. The maximum atomic E-state index is 11.7. The minimum atomic E-state index is -3.52. The summed E-state index contributed by atoms with van der Waals surface area (Å²) in [5.41, 5.74) is 1.15. The molecule has 0 aromatic heterocycles. The van der Waals surface area contributed by atoms with E-state index < -0.39 is 14.8 Å². The molecule has 1 saturated heterocycles. The van der Waals surface area contributed by atoms with Crippen molar-refractivity contribution in [2.75, 3.05) is 38.3 Å². The van der Waals surface area contributed by atoms with Crippen LogP contribution in [-0.4, -0.2) is 51.2 Å². The second-order valence-corrected chi connectivity index (χ2v) is 9.14. The summed E-state index contributed by atoms with van der Waals surface area (Å²) in [6.45, 7) is 2.40. The molecule has 3 rings (SSSR count). The van der Waals surface area contributed by atoms with Gasteiger partial charge in [0, 0.05) is 18.9 Å². The summed E-state index contributed by atoms with van der Waals surface area (Å²) in [6, 6.07) is 11.8. The van der Waals surface area contributed by atoms with E-state index >= 15 is 0 Å². The fourth-order valence-corrected chi connectivity index (χ4v) is 4.23. The summed E-state index contributed by atoms with van der Waals surface area (Å²) in [4.78, 5) is 13.2. The number of hydrogen-bond acceptors (Lipinski definition) is 7. The Morgan fingerprint density at radius 1 is 1.17 bits per heavy atom. The van der Waals surface area contributed by atoms with Crippen molar-refractivity contribution in [3.8, 4) is 5.75 Å². The number of anilines is 1. The Labute approximate surface area is 170 Å². The first-order chi connectivity index (χ1) is 13.8. The van der Waals surface area contributed by atoms with Crippen LogP contribution in [-0.2, 0) is 9.84 Å². The van der Waals surface area contributed by atoms with Crippen LogP contribution in [0, 0.1) is 10.1 Å². The molecule has 1 heterocycles. The van der Waals surface area contributed by atoms with Crippen LogP contribution in [0.4, 0.5) is 11.4 Å². The number of sulfone groups is 1. The molecule has 0 unspecified atom stereocenters. The van der Waals surface area contributed by atoms with E-state index in [1.807, 2.05) is 24.3 Å². The van der Waals surface area contributed by atoms with Crippen molar-refractivity contribution in [3.05, 3.63) is 58.1 Å². The van der Waals surface area contributed by atoms with Crippen LogP contribution in [0.15, 0.2) is 47.4 Å². The molecule has 0 saturated carbocycles. The summed E-state index contributed by atoms with van der Waals surface area (Å²) in [5, 5.41) is 14.7. The molecule has 8 nitrogen and oxygen atoms in total. The first kappa shape index (κ1) is 21.1. The maximum Gasteiger partial charge on any atom is 0.293 e. The lowest BCUT2D eigenvalue weighted by atomic mass is 10.0. The molecule has 1 aliphatic heterocycles. The number of hydrogen-bond donors (Lipinski definition) is 1. The summed E-state index contributed by atoms with van der Waals surface area (Å²) in [5.74, 6) is 0.772. The average Bonchev–Trinajstić information content (AvgIpc) is 3.22. The van der Waals surface area contributed by atoms with E-state index in [1.54, 1.807) is 7.11 Å². The Balaban J connectivity index is 1.86. The van der Waals surface area contributed by atoms with Gasteiger partial charge in [-0.2, -0.15) is 0 Å². The third kappa shape index (κ3) is 5.04. The monoisotopic (exact) mass is 419 g/mol. The Hall–Kier alpha value is -2.65. The zero-order valence-electron chi connectivity index (χ0n) is 16.5. The number of ether oxygens (including phenoxy) is 1. The summed E-state index contributed by atoms with van der Waals surface area (Å²) >= 11 is 0. The highest BCUT2D eigenvalue weighted by Crippen LogP contribution is 2.31. The SMILES string of the molecule is COc1ccc([C@H](CNc2ccc(S(C)(=O)=O)cc2[N+](=O)[O-])N2CCCC2)cc1. The van der Waals surface area contributed by atoms with Crippen molar-refractivity contribution in [3.63, 3.8) is 0 Å². The van der Waals surface area contributed by atoms with Gasteiger partial charge in [-0.3, -0.25) is 15.0 Å². The second kappa shape index (κ2) is 8.79. The molecular formula is C20H25N3O5S. The number of nitrogens with zero attached hydrogens (tertiary/aromatic N) is 2. The molecule has 156 valence electrons. The van der Waals surface area contributed by atoms with Gasteiger partial charge in [0.2, 0.25) is 0 Å². The number of methoxy groups -OCH3 is 1. The van der Waals surface area contributed by atoms with Crippen LogP contribution in [0.5, 0.6) is 5.75 Å². The van der Waals surface area contributed by atoms with Crippen molar-refractivity contribution >= 4 is 21.2 Å². The van der Waals surface area contributed by atoms with Gasteiger partial charge in [-0.05, 0) is 55.8 Å². The van der Waals surface area contributed by atoms with Gasteiger partial charge in [-0.1, -0.05) is 12.1 Å². The van der Waals surface area contributed by atoms with Crippen molar-refractivity contribution in [1.29, 1.82) is 0 Å². The van der Waals surface area contributed by atoms with E-state index in [-0.39, 0.29) is 16.6 Å². The molecule has 0 spiro atoms. The summed E-state index contributed by atoms with van der Waals surface area (Å²) < 4.78 is 28.7. The first-order valence-electron chi connectivity index (χ1n) is 9.40. The highest BCUT2D eigenvalue weighted by Gasteiger charge is 2.25. The average molecular weight is 420 g/mol. The number of nitro benzene ring substituents is 1. The predicted octanol–water partition coefficient (Wildman–Crippen LogP) is 3.26. The van der Waals surface area contributed by atoms with Crippen molar-refractivity contribution in [2.24, 2.45) is 0 Å². The van der Waals surface area contributed by atoms with E-state index in [0.29, 0.717) is 12.2 Å². The van der Waals surface area contributed by atoms with E-state index in [0.717, 1.165) is 49.6 Å². The minimum absolute atomic E-state index is 0.0394. The molecule has 0 bridgehead atoms. The largest absolute Gasteiger partial charge is 0.497 e. The zero-order valence-corrected chi connectivity index (χ0v) is 17.3. The molecule has 0 aliphatic carbocycles. The quantitative estimate of drug-likeness (QED) is 0.517. The third-order valence-corrected chi connectivity index (χ3v) is 6.27. The number of rotatable bonds is 8. The molecule has 1 N–H and O–H groups in total. The van der Waals surface area contributed by atoms with E-state index in [4.69, 9.17) is 4.74 Å².